The van der Waals surface area contributed by atoms with E-state index in [2.05, 4.69) is 5.32 Å². The van der Waals surface area contributed by atoms with Crippen molar-refractivity contribution in [2.45, 2.75) is 20.0 Å². The highest BCUT2D eigenvalue weighted by molar-refractivity contribution is 5.93. The van der Waals surface area contributed by atoms with Gasteiger partial charge in [-0.25, -0.2) is 4.79 Å². The lowest BCUT2D eigenvalue weighted by Gasteiger charge is -2.08. The summed E-state index contributed by atoms with van der Waals surface area (Å²) in [6.07, 6.45) is -0.00450. The first kappa shape index (κ1) is 13.2. The minimum absolute atomic E-state index is 0.00450. The predicted octanol–water partition coefficient (Wildman–Crippen LogP) is 1.75. The molecule has 0 saturated heterocycles. The first-order chi connectivity index (χ1) is 7.99. The number of hydrogen-bond acceptors (Lipinski definition) is 3. The van der Waals surface area contributed by atoms with Crippen LogP contribution < -0.4 is 5.32 Å². The molecule has 0 fully saturated rings. The fourth-order valence-electron chi connectivity index (χ4n) is 1.14. The van der Waals surface area contributed by atoms with Crippen molar-refractivity contribution >= 4 is 17.6 Å². The number of carboxylic acid groups (broad SMARTS) is 1. The van der Waals surface area contributed by atoms with E-state index in [0.29, 0.717) is 5.69 Å². The Morgan fingerprint density at radius 2 is 1.88 bits per heavy atom. The lowest BCUT2D eigenvalue weighted by Crippen LogP contribution is -2.20. The first-order valence-electron chi connectivity index (χ1n) is 5.24. The van der Waals surface area contributed by atoms with E-state index in [1.165, 1.54) is 24.3 Å². The average molecular weight is 237 g/mol. The number of aromatic carboxylic acids is 1. The van der Waals surface area contributed by atoms with Crippen LogP contribution in [0.25, 0.3) is 0 Å². The second kappa shape index (κ2) is 6.00. The zero-order valence-electron chi connectivity index (χ0n) is 9.77. The molecule has 5 heteroatoms. The van der Waals surface area contributed by atoms with E-state index < -0.39 is 5.97 Å². The molecule has 92 valence electrons. The highest BCUT2D eigenvalue weighted by atomic mass is 16.5. The van der Waals surface area contributed by atoms with Gasteiger partial charge in [0.1, 0.15) is 6.61 Å². The maximum absolute atomic E-state index is 11.4. The standard InChI is InChI=1S/C12H15NO4/c1-8(2)17-7-11(14)13-10-5-3-9(4-6-10)12(15)16/h3-6,8H,7H2,1-2H3,(H,13,14)(H,15,16). The summed E-state index contributed by atoms with van der Waals surface area (Å²) in [7, 11) is 0. The number of anilines is 1. The lowest BCUT2D eigenvalue weighted by atomic mass is 10.2. The highest BCUT2D eigenvalue weighted by Crippen LogP contribution is 2.09. The quantitative estimate of drug-likeness (QED) is 0.818. The third kappa shape index (κ3) is 4.65. The van der Waals surface area contributed by atoms with Gasteiger partial charge < -0.3 is 15.2 Å². The average Bonchev–Trinajstić information content (AvgIpc) is 2.27. The van der Waals surface area contributed by atoms with Gasteiger partial charge >= 0.3 is 5.97 Å². The van der Waals surface area contributed by atoms with Gasteiger partial charge in [0.25, 0.3) is 0 Å². The number of nitrogens with one attached hydrogen (secondary N) is 1. The van der Waals surface area contributed by atoms with Crippen LogP contribution in [0.5, 0.6) is 0 Å². The minimum Gasteiger partial charge on any atom is -0.478 e. The number of carbonyl (C=O) groups is 2. The first-order valence-corrected chi connectivity index (χ1v) is 5.24. The molecule has 0 bridgehead atoms. The molecule has 0 saturated carbocycles. The van der Waals surface area contributed by atoms with Gasteiger partial charge in [-0.1, -0.05) is 0 Å². The van der Waals surface area contributed by atoms with Crippen LogP contribution in [0.4, 0.5) is 5.69 Å². The van der Waals surface area contributed by atoms with E-state index in [-0.39, 0.29) is 24.2 Å². The predicted molar refractivity (Wildman–Crippen MR) is 63.1 cm³/mol. The van der Waals surface area contributed by atoms with Crippen molar-refractivity contribution in [1.29, 1.82) is 0 Å². The molecular formula is C12H15NO4. The van der Waals surface area contributed by atoms with Crippen LogP contribution >= 0.6 is 0 Å². The molecule has 17 heavy (non-hydrogen) atoms. The van der Waals surface area contributed by atoms with Crippen LogP contribution in [0.2, 0.25) is 0 Å². The number of hydrogen-bond donors (Lipinski definition) is 2. The van der Waals surface area contributed by atoms with E-state index in [1.54, 1.807) is 0 Å². The van der Waals surface area contributed by atoms with Crippen LogP contribution in [0, 0.1) is 0 Å². The number of carbonyl (C=O) groups excluding carboxylic acids is 1. The van der Waals surface area contributed by atoms with Crippen LogP contribution in [0.3, 0.4) is 0 Å². The number of benzene rings is 1. The molecule has 1 aromatic carbocycles. The molecule has 2 N–H and O–H groups in total. The number of rotatable bonds is 5. The highest BCUT2D eigenvalue weighted by Gasteiger charge is 2.05. The summed E-state index contributed by atoms with van der Waals surface area (Å²) in [6.45, 7) is 3.67. The zero-order chi connectivity index (χ0) is 12.8. The zero-order valence-corrected chi connectivity index (χ0v) is 9.77. The van der Waals surface area contributed by atoms with Crippen molar-refractivity contribution in [3.63, 3.8) is 0 Å². The Morgan fingerprint density at radius 1 is 1.29 bits per heavy atom. The van der Waals surface area contributed by atoms with Gasteiger partial charge in [0.2, 0.25) is 5.91 Å². The van der Waals surface area contributed by atoms with E-state index in [4.69, 9.17) is 9.84 Å². The third-order valence-electron chi connectivity index (χ3n) is 1.96. The SMILES string of the molecule is CC(C)OCC(=O)Nc1ccc(C(=O)O)cc1. The molecule has 0 atom stereocenters. The van der Waals surface area contributed by atoms with E-state index in [9.17, 15) is 9.59 Å². The van der Waals surface area contributed by atoms with Gasteiger partial charge in [-0.3, -0.25) is 4.79 Å². The molecule has 0 spiro atoms. The molecule has 1 rings (SSSR count). The molecule has 0 aliphatic rings. The van der Waals surface area contributed by atoms with Gasteiger partial charge in [-0.15, -0.1) is 0 Å². The van der Waals surface area contributed by atoms with Crippen molar-refractivity contribution in [3.05, 3.63) is 29.8 Å². The Balaban J connectivity index is 2.51. The fraction of sp³-hybridized carbons (Fsp3) is 0.333. The molecular weight excluding hydrogens is 222 g/mol. The second-order valence-corrected chi connectivity index (χ2v) is 3.79. The Bertz CT molecular complexity index is 397. The Hall–Kier alpha value is -1.88. The Morgan fingerprint density at radius 3 is 2.35 bits per heavy atom. The van der Waals surface area contributed by atoms with E-state index >= 15 is 0 Å². The number of carboxylic acids is 1. The lowest BCUT2D eigenvalue weighted by molar-refractivity contribution is -0.121. The van der Waals surface area contributed by atoms with Gasteiger partial charge in [-0.05, 0) is 38.1 Å². The summed E-state index contributed by atoms with van der Waals surface area (Å²) in [5.74, 6) is -1.26. The van der Waals surface area contributed by atoms with Crippen molar-refractivity contribution in [1.82, 2.24) is 0 Å². The molecule has 0 aromatic heterocycles. The molecule has 0 radical (unpaired) electrons. The monoisotopic (exact) mass is 237 g/mol. The van der Waals surface area contributed by atoms with Crippen LogP contribution in [-0.2, 0) is 9.53 Å². The van der Waals surface area contributed by atoms with E-state index in [0.717, 1.165) is 0 Å². The van der Waals surface area contributed by atoms with Crippen molar-refractivity contribution in [2.75, 3.05) is 11.9 Å². The molecule has 0 aliphatic heterocycles. The third-order valence-corrected chi connectivity index (χ3v) is 1.96. The Kier molecular flexibility index (Phi) is 4.66. The van der Waals surface area contributed by atoms with Crippen molar-refractivity contribution in [3.8, 4) is 0 Å². The summed E-state index contributed by atoms with van der Waals surface area (Å²) in [4.78, 5) is 22.0. The summed E-state index contributed by atoms with van der Waals surface area (Å²) in [5.41, 5.74) is 0.730. The van der Waals surface area contributed by atoms with Crippen molar-refractivity contribution < 1.29 is 19.4 Å². The smallest absolute Gasteiger partial charge is 0.335 e. The maximum Gasteiger partial charge on any atom is 0.335 e. The molecule has 1 amide bonds. The van der Waals surface area contributed by atoms with Gasteiger partial charge in [0.15, 0.2) is 0 Å². The van der Waals surface area contributed by atoms with E-state index in [1.807, 2.05) is 13.8 Å². The molecule has 5 nitrogen and oxygen atoms in total. The van der Waals surface area contributed by atoms with Crippen LogP contribution in [0.15, 0.2) is 24.3 Å². The summed E-state index contributed by atoms with van der Waals surface area (Å²) in [6, 6.07) is 5.94. The topological polar surface area (TPSA) is 75.6 Å². The molecule has 0 unspecified atom stereocenters. The van der Waals surface area contributed by atoms with Crippen molar-refractivity contribution in [2.24, 2.45) is 0 Å². The summed E-state index contributed by atoms with van der Waals surface area (Å²) < 4.78 is 5.13. The molecule has 0 aliphatic carbocycles. The van der Waals surface area contributed by atoms with Gasteiger partial charge in [0.05, 0.1) is 11.7 Å². The van der Waals surface area contributed by atoms with Crippen LogP contribution in [0.1, 0.15) is 24.2 Å². The minimum atomic E-state index is -0.994. The normalized spacial score (nSPS) is 10.3. The van der Waals surface area contributed by atoms with Gasteiger partial charge in [-0.2, -0.15) is 0 Å². The molecule has 0 heterocycles. The van der Waals surface area contributed by atoms with Gasteiger partial charge in [0, 0.05) is 5.69 Å². The summed E-state index contributed by atoms with van der Waals surface area (Å²) in [5, 5.41) is 11.3. The fourth-order valence-corrected chi connectivity index (χ4v) is 1.14. The molecule has 1 aromatic rings. The second-order valence-electron chi connectivity index (χ2n) is 3.79. The number of amides is 1. The number of ether oxygens (including phenoxy) is 1. The maximum atomic E-state index is 11.4. The Labute approximate surface area is 99.4 Å². The van der Waals surface area contributed by atoms with Crippen LogP contribution in [-0.4, -0.2) is 29.7 Å². The largest absolute Gasteiger partial charge is 0.478 e. The summed E-state index contributed by atoms with van der Waals surface area (Å²) >= 11 is 0.